The van der Waals surface area contributed by atoms with Crippen LogP contribution in [0, 0.1) is 29.5 Å². The summed E-state index contributed by atoms with van der Waals surface area (Å²) in [5.41, 5.74) is 1.47. The number of carboxylic acid groups (broad SMARTS) is 1. The van der Waals surface area contributed by atoms with Crippen molar-refractivity contribution < 1.29 is 23.4 Å². The number of nitrogens with zero attached hydrogens (tertiary/aromatic N) is 2. The standard InChI is InChI=1S/C28H27ClF2N2O3/c1-36-21-7-9-27-23(16-21)22(10-12-32-27)25(30)8-5-18-11-14-33(17-24(18)28(34)35)13-2-3-19-4-6-20(29)15-26(19)31/h4,6-7,9-10,12,15-16,18,24-25H,5,8,11,13-14,17H2,1H3,(H,34,35)/t18-,24+,25-/m1/s1. The number of carbonyl (C=O) groups is 1. The number of alkyl halides is 1. The first-order chi connectivity index (χ1) is 17.4. The molecule has 3 atom stereocenters. The van der Waals surface area contributed by atoms with Crippen molar-refractivity contribution in [3.05, 3.63) is 70.6 Å². The summed E-state index contributed by atoms with van der Waals surface area (Å²) in [5.74, 6) is 4.21. The van der Waals surface area contributed by atoms with Crippen molar-refractivity contribution >= 4 is 28.5 Å². The van der Waals surface area contributed by atoms with Gasteiger partial charge in [-0.3, -0.25) is 14.7 Å². The Balaban J connectivity index is 1.38. The fraction of sp³-hybridized carbons (Fsp3) is 0.357. The summed E-state index contributed by atoms with van der Waals surface area (Å²) in [5, 5.41) is 10.8. The summed E-state index contributed by atoms with van der Waals surface area (Å²) in [4.78, 5) is 18.3. The number of pyridine rings is 1. The number of aliphatic carboxylic acids is 1. The lowest BCUT2D eigenvalue weighted by Gasteiger charge is -2.35. The van der Waals surface area contributed by atoms with Gasteiger partial charge in [-0.15, -0.1) is 0 Å². The highest BCUT2D eigenvalue weighted by molar-refractivity contribution is 6.30. The average Bonchev–Trinajstić information content (AvgIpc) is 2.88. The third kappa shape index (κ3) is 6.13. The smallest absolute Gasteiger partial charge is 0.308 e. The fourth-order valence-electron chi connectivity index (χ4n) is 4.74. The van der Waals surface area contributed by atoms with Gasteiger partial charge >= 0.3 is 5.97 Å². The van der Waals surface area contributed by atoms with Crippen LogP contribution in [0.4, 0.5) is 8.78 Å². The van der Waals surface area contributed by atoms with Gasteiger partial charge < -0.3 is 9.84 Å². The summed E-state index contributed by atoms with van der Waals surface area (Å²) in [6.45, 7) is 1.30. The van der Waals surface area contributed by atoms with Crippen molar-refractivity contribution in [1.82, 2.24) is 9.88 Å². The first-order valence-corrected chi connectivity index (χ1v) is 12.2. The molecule has 36 heavy (non-hydrogen) atoms. The van der Waals surface area contributed by atoms with E-state index in [2.05, 4.69) is 16.8 Å². The van der Waals surface area contributed by atoms with Crippen LogP contribution in [-0.4, -0.2) is 47.7 Å². The molecule has 0 spiro atoms. The molecule has 2 heterocycles. The molecule has 188 valence electrons. The van der Waals surface area contributed by atoms with Gasteiger partial charge in [0.2, 0.25) is 0 Å². The van der Waals surface area contributed by atoms with E-state index in [0.717, 1.165) is 0 Å². The second-order valence-electron chi connectivity index (χ2n) is 8.98. The van der Waals surface area contributed by atoms with Gasteiger partial charge in [-0.1, -0.05) is 23.4 Å². The molecule has 0 amide bonds. The Hall–Kier alpha value is -3.21. The van der Waals surface area contributed by atoms with E-state index < -0.39 is 23.9 Å². The molecule has 0 saturated carbocycles. The minimum absolute atomic E-state index is 0.138. The Morgan fingerprint density at radius 3 is 2.89 bits per heavy atom. The fourth-order valence-corrected chi connectivity index (χ4v) is 4.90. The maximum absolute atomic E-state index is 15.4. The van der Waals surface area contributed by atoms with Gasteiger partial charge in [-0.25, -0.2) is 8.78 Å². The molecule has 1 saturated heterocycles. The first kappa shape index (κ1) is 25.9. The topological polar surface area (TPSA) is 62.7 Å². The number of hydrogen-bond donors (Lipinski definition) is 1. The zero-order valence-corrected chi connectivity index (χ0v) is 20.6. The molecule has 0 aliphatic carbocycles. The number of likely N-dealkylation sites (tertiary alicyclic amines) is 1. The number of methoxy groups -OCH3 is 1. The Labute approximate surface area is 214 Å². The van der Waals surface area contributed by atoms with E-state index in [0.29, 0.717) is 59.7 Å². The summed E-state index contributed by atoms with van der Waals surface area (Å²) >= 11 is 5.77. The lowest BCUT2D eigenvalue weighted by molar-refractivity contribution is -0.146. The highest BCUT2D eigenvalue weighted by Crippen LogP contribution is 2.35. The molecule has 1 aromatic heterocycles. The number of ether oxygens (including phenoxy) is 1. The molecule has 3 aromatic rings. The van der Waals surface area contributed by atoms with Gasteiger partial charge in [0, 0.05) is 23.2 Å². The van der Waals surface area contributed by atoms with Gasteiger partial charge in [0.25, 0.3) is 0 Å². The van der Waals surface area contributed by atoms with Crippen LogP contribution in [0.2, 0.25) is 5.02 Å². The van der Waals surface area contributed by atoms with Crippen LogP contribution in [-0.2, 0) is 4.79 Å². The molecule has 1 aliphatic rings. The van der Waals surface area contributed by atoms with Gasteiger partial charge in [0.1, 0.15) is 17.7 Å². The van der Waals surface area contributed by atoms with Crippen molar-refractivity contribution in [1.29, 1.82) is 0 Å². The zero-order chi connectivity index (χ0) is 25.7. The molecule has 5 nitrogen and oxygen atoms in total. The van der Waals surface area contributed by atoms with E-state index in [1.807, 2.05) is 4.90 Å². The Morgan fingerprint density at radius 2 is 2.14 bits per heavy atom. The molecule has 1 fully saturated rings. The molecule has 0 bridgehead atoms. The minimum atomic E-state index is -1.24. The van der Waals surface area contributed by atoms with E-state index in [4.69, 9.17) is 16.3 Å². The molecule has 1 aliphatic heterocycles. The SMILES string of the molecule is COc1ccc2nccc([C@H](F)CC[C@@H]3CCN(CC#Cc4ccc(Cl)cc4F)C[C@@H]3C(=O)O)c2c1. The third-order valence-electron chi connectivity index (χ3n) is 6.72. The maximum atomic E-state index is 15.4. The van der Waals surface area contributed by atoms with Crippen molar-refractivity contribution in [3.63, 3.8) is 0 Å². The Morgan fingerprint density at radius 1 is 1.31 bits per heavy atom. The highest BCUT2D eigenvalue weighted by Gasteiger charge is 2.34. The maximum Gasteiger partial charge on any atom is 0.308 e. The number of carboxylic acids is 1. The van der Waals surface area contributed by atoms with Crippen LogP contribution in [0.1, 0.15) is 36.6 Å². The van der Waals surface area contributed by atoms with Crippen molar-refractivity contribution in [3.8, 4) is 17.6 Å². The third-order valence-corrected chi connectivity index (χ3v) is 6.96. The van der Waals surface area contributed by atoms with E-state index >= 15 is 4.39 Å². The summed E-state index contributed by atoms with van der Waals surface area (Å²) < 4.78 is 34.5. The van der Waals surface area contributed by atoms with Gasteiger partial charge in [0.05, 0.1) is 30.7 Å². The number of piperidine rings is 1. The second kappa shape index (κ2) is 11.7. The van der Waals surface area contributed by atoms with E-state index in [-0.39, 0.29) is 17.9 Å². The van der Waals surface area contributed by atoms with Gasteiger partial charge in [-0.2, -0.15) is 0 Å². The van der Waals surface area contributed by atoms with Crippen LogP contribution < -0.4 is 4.74 Å². The molecule has 1 N–H and O–H groups in total. The average molecular weight is 513 g/mol. The van der Waals surface area contributed by atoms with Crippen molar-refractivity contribution in [2.75, 3.05) is 26.7 Å². The molecular weight excluding hydrogens is 486 g/mol. The molecule has 4 rings (SSSR count). The van der Waals surface area contributed by atoms with Crippen LogP contribution in [0.3, 0.4) is 0 Å². The van der Waals surface area contributed by atoms with Crippen LogP contribution in [0.5, 0.6) is 5.75 Å². The largest absolute Gasteiger partial charge is 0.497 e. The molecular formula is C28H27ClF2N2O3. The Kier molecular flexibility index (Phi) is 8.40. The quantitative estimate of drug-likeness (QED) is 0.399. The van der Waals surface area contributed by atoms with Crippen LogP contribution >= 0.6 is 11.6 Å². The van der Waals surface area contributed by atoms with E-state index in [1.54, 1.807) is 43.6 Å². The van der Waals surface area contributed by atoms with Crippen molar-refractivity contribution in [2.24, 2.45) is 11.8 Å². The van der Waals surface area contributed by atoms with Crippen LogP contribution in [0.15, 0.2) is 48.7 Å². The summed E-state index contributed by atoms with van der Waals surface area (Å²) in [6.07, 6.45) is 1.66. The number of aromatic nitrogens is 1. The lowest BCUT2D eigenvalue weighted by atomic mass is 9.81. The van der Waals surface area contributed by atoms with Gasteiger partial charge in [-0.05, 0) is 79.8 Å². The molecule has 8 heteroatoms. The minimum Gasteiger partial charge on any atom is -0.497 e. The molecule has 0 radical (unpaired) electrons. The van der Waals surface area contributed by atoms with E-state index in [9.17, 15) is 14.3 Å². The summed E-state index contributed by atoms with van der Waals surface area (Å²) in [6, 6.07) is 11.3. The van der Waals surface area contributed by atoms with Crippen molar-refractivity contribution in [2.45, 2.75) is 25.4 Å². The Bertz CT molecular complexity index is 1310. The van der Waals surface area contributed by atoms with E-state index in [1.165, 1.54) is 12.1 Å². The molecule has 2 aromatic carbocycles. The number of rotatable bonds is 7. The number of halogens is 3. The van der Waals surface area contributed by atoms with Crippen LogP contribution in [0.25, 0.3) is 10.9 Å². The highest BCUT2D eigenvalue weighted by atomic mass is 35.5. The number of hydrogen-bond acceptors (Lipinski definition) is 4. The molecule has 0 unspecified atom stereocenters. The second-order valence-corrected chi connectivity index (χ2v) is 9.42. The normalized spacial score (nSPS) is 18.9. The number of benzene rings is 2. The predicted molar refractivity (Wildman–Crippen MR) is 135 cm³/mol. The summed E-state index contributed by atoms with van der Waals surface area (Å²) in [7, 11) is 1.56. The zero-order valence-electron chi connectivity index (χ0n) is 19.9. The monoisotopic (exact) mass is 512 g/mol. The van der Waals surface area contributed by atoms with Gasteiger partial charge in [0.15, 0.2) is 0 Å². The number of fused-ring (bicyclic) bond motifs is 1. The first-order valence-electron chi connectivity index (χ1n) is 11.8. The lowest BCUT2D eigenvalue weighted by Crippen LogP contribution is -2.44. The predicted octanol–water partition coefficient (Wildman–Crippen LogP) is 5.90.